The lowest BCUT2D eigenvalue weighted by molar-refractivity contribution is 0.0288. The average Bonchev–Trinajstić information content (AvgIpc) is 3.01. The maximum atomic E-state index is 13.2. The van der Waals surface area contributed by atoms with Gasteiger partial charge in [0.25, 0.3) is 5.91 Å². The third kappa shape index (κ3) is 2.03. The van der Waals surface area contributed by atoms with Gasteiger partial charge in [0.1, 0.15) is 11.4 Å². The summed E-state index contributed by atoms with van der Waals surface area (Å²) in [5.74, 6) is -0.0988. The van der Waals surface area contributed by atoms with Gasteiger partial charge in [0.2, 0.25) is 0 Å². The van der Waals surface area contributed by atoms with Gasteiger partial charge in [0, 0.05) is 37.0 Å². The van der Waals surface area contributed by atoms with Crippen LogP contribution in [0.1, 0.15) is 17.0 Å². The van der Waals surface area contributed by atoms with Crippen molar-refractivity contribution < 1.29 is 13.6 Å². The standard InChI is InChI=1S/C16H17FN2O2/c1-18-8-16(9-18)4-5-19(10-16)15(20)14-7-11-6-12(17)2-3-13(11)21-14/h2-3,6-7H,4-5,8-10H2,1H3. The molecule has 0 N–H and O–H groups in total. The number of fused-ring (bicyclic) bond motifs is 1. The maximum absolute atomic E-state index is 13.2. The first-order valence-electron chi connectivity index (χ1n) is 7.22. The lowest BCUT2D eigenvalue weighted by Crippen LogP contribution is -2.55. The van der Waals surface area contributed by atoms with Crippen LogP contribution in [-0.2, 0) is 0 Å². The van der Waals surface area contributed by atoms with Crippen molar-refractivity contribution in [3.05, 3.63) is 35.8 Å². The quantitative estimate of drug-likeness (QED) is 0.808. The SMILES string of the molecule is CN1CC2(CCN(C(=O)c3cc4cc(F)ccc4o3)C2)C1. The molecule has 1 aromatic carbocycles. The molecular formula is C16H17FN2O2. The molecular weight excluding hydrogens is 271 g/mol. The lowest BCUT2D eigenvalue weighted by Gasteiger charge is -2.46. The summed E-state index contributed by atoms with van der Waals surface area (Å²) in [5.41, 5.74) is 0.833. The van der Waals surface area contributed by atoms with Crippen molar-refractivity contribution in [3.63, 3.8) is 0 Å². The van der Waals surface area contributed by atoms with Crippen LogP contribution in [0.2, 0.25) is 0 Å². The summed E-state index contributed by atoms with van der Waals surface area (Å²) in [6.07, 6.45) is 1.05. The van der Waals surface area contributed by atoms with Gasteiger partial charge in [-0.05, 0) is 37.7 Å². The normalized spacial score (nSPS) is 21.1. The molecule has 1 aromatic heterocycles. The fraction of sp³-hybridized carbons (Fsp3) is 0.438. The first kappa shape index (κ1) is 12.8. The van der Waals surface area contributed by atoms with E-state index in [2.05, 4.69) is 11.9 Å². The van der Waals surface area contributed by atoms with E-state index in [4.69, 9.17) is 4.42 Å². The number of benzene rings is 1. The third-order valence-electron chi connectivity index (χ3n) is 4.63. The molecule has 5 heteroatoms. The molecule has 2 aliphatic rings. The minimum absolute atomic E-state index is 0.0852. The van der Waals surface area contributed by atoms with E-state index in [1.165, 1.54) is 12.1 Å². The van der Waals surface area contributed by atoms with E-state index >= 15 is 0 Å². The highest BCUT2D eigenvalue weighted by Crippen LogP contribution is 2.39. The molecule has 1 amide bonds. The lowest BCUT2D eigenvalue weighted by atomic mass is 9.79. The molecule has 1 spiro atoms. The van der Waals surface area contributed by atoms with Gasteiger partial charge in [-0.2, -0.15) is 0 Å². The summed E-state index contributed by atoms with van der Waals surface area (Å²) in [7, 11) is 2.10. The number of carbonyl (C=O) groups excluding carboxylic acids is 1. The Kier molecular flexibility index (Phi) is 2.63. The molecule has 3 heterocycles. The summed E-state index contributed by atoms with van der Waals surface area (Å²) in [6, 6.07) is 5.93. The van der Waals surface area contributed by atoms with E-state index in [1.54, 1.807) is 12.1 Å². The van der Waals surface area contributed by atoms with Crippen LogP contribution >= 0.6 is 0 Å². The minimum Gasteiger partial charge on any atom is -0.451 e. The molecule has 2 aromatic rings. The van der Waals surface area contributed by atoms with E-state index in [0.717, 1.165) is 32.6 Å². The van der Waals surface area contributed by atoms with Gasteiger partial charge < -0.3 is 14.2 Å². The highest BCUT2D eigenvalue weighted by atomic mass is 19.1. The maximum Gasteiger partial charge on any atom is 0.289 e. The summed E-state index contributed by atoms with van der Waals surface area (Å²) >= 11 is 0. The fourth-order valence-corrected chi connectivity index (χ4v) is 3.74. The second kappa shape index (κ2) is 4.31. The Balaban J connectivity index is 1.56. The van der Waals surface area contributed by atoms with Crippen LogP contribution in [0, 0.1) is 11.2 Å². The zero-order valence-corrected chi connectivity index (χ0v) is 11.9. The first-order valence-corrected chi connectivity index (χ1v) is 7.22. The Hall–Kier alpha value is -1.88. The van der Waals surface area contributed by atoms with Crippen molar-refractivity contribution in [3.8, 4) is 0 Å². The van der Waals surface area contributed by atoms with Crippen LogP contribution in [0.4, 0.5) is 4.39 Å². The minimum atomic E-state index is -0.320. The Bertz CT molecular complexity index is 718. The van der Waals surface area contributed by atoms with Crippen molar-refractivity contribution in [1.82, 2.24) is 9.80 Å². The Morgan fingerprint density at radius 3 is 2.86 bits per heavy atom. The highest BCUT2D eigenvalue weighted by Gasteiger charge is 2.47. The number of halogens is 1. The Labute approximate surface area is 122 Å². The molecule has 110 valence electrons. The van der Waals surface area contributed by atoms with Crippen LogP contribution in [0.25, 0.3) is 11.0 Å². The number of carbonyl (C=O) groups is 1. The van der Waals surface area contributed by atoms with E-state index in [-0.39, 0.29) is 17.1 Å². The van der Waals surface area contributed by atoms with Gasteiger partial charge in [0.05, 0.1) is 0 Å². The number of hydrogen-bond acceptors (Lipinski definition) is 3. The van der Waals surface area contributed by atoms with Crippen LogP contribution < -0.4 is 0 Å². The number of amides is 1. The first-order chi connectivity index (χ1) is 10.0. The van der Waals surface area contributed by atoms with Crippen molar-refractivity contribution in [2.75, 3.05) is 33.2 Å². The van der Waals surface area contributed by atoms with E-state index in [0.29, 0.717) is 16.7 Å². The topological polar surface area (TPSA) is 36.7 Å². The van der Waals surface area contributed by atoms with Gasteiger partial charge in [-0.15, -0.1) is 0 Å². The van der Waals surface area contributed by atoms with E-state index < -0.39 is 0 Å². The van der Waals surface area contributed by atoms with Gasteiger partial charge >= 0.3 is 0 Å². The van der Waals surface area contributed by atoms with Crippen LogP contribution in [-0.4, -0.2) is 48.9 Å². The molecule has 2 saturated heterocycles. The summed E-state index contributed by atoms with van der Waals surface area (Å²) in [5, 5.41) is 0.635. The largest absolute Gasteiger partial charge is 0.451 e. The zero-order valence-electron chi connectivity index (χ0n) is 11.9. The van der Waals surface area contributed by atoms with E-state index in [9.17, 15) is 9.18 Å². The Morgan fingerprint density at radius 1 is 1.29 bits per heavy atom. The van der Waals surface area contributed by atoms with E-state index in [1.807, 2.05) is 4.90 Å². The van der Waals surface area contributed by atoms with Gasteiger partial charge in [0.15, 0.2) is 5.76 Å². The number of hydrogen-bond donors (Lipinski definition) is 0. The summed E-state index contributed by atoms with van der Waals surface area (Å²) in [4.78, 5) is 16.7. The molecule has 2 aliphatic heterocycles. The molecule has 0 atom stereocenters. The molecule has 2 fully saturated rings. The van der Waals surface area contributed by atoms with Gasteiger partial charge in [-0.25, -0.2) is 4.39 Å². The zero-order chi connectivity index (χ0) is 14.6. The Morgan fingerprint density at radius 2 is 2.10 bits per heavy atom. The van der Waals surface area contributed by atoms with Crippen molar-refractivity contribution in [2.24, 2.45) is 5.41 Å². The monoisotopic (exact) mass is 288 g/mol. The van der Waals surface area contributed by atoms with Crippen LogP contribution in [0.15, 0.2) is 28.7 Å². The molecule has 0 aliphatic carbocycles. The molecule has 0 bridgehead atoms. The highest BCUT2D eigenvalue weighted by molar-refractivity contribution is 5.96. The van der Waals surface area contributed by atoms with Crippen molar-refractivity contribution >= 4 is 16.9 Å². The smallest absolute Gasteiger partial charge is 0.289 e. The number of likely N-dealkylation sites (tertiary alicyclic amines) is 2. The molecule has 4 nitrogen and oxygen atoms in total. The van der Waals surface area contributed by atoms with Crippen LogP contribution in [0.5, 0.6) is 0 Å². The number of rotatable bonds is 1. The van der Waals surface area contributed by atoms with Crippen LogP contribution in [0.3, 0.4) is 0 Å². The molecule has 21 heavy (non-hydrogen) atoms. The fourth-order valence-electron chi connectivity index (χ4n) is 3.74. The van der Waals surface area contributed by atoms with Crippen molar-refractivity contribution in [2.45, 2.75) is 6.42 Å². The van der Waals surface area contributed by atoms with Crippen molar-refractivity contribution in [1.29, 1.82) is 0 Å². The predicted molar refractivity (Wildman–Crippen MR) is 76.6 cm³/mol. The second-order valence-corrected chi connectivity index (χ2v) is 6.44. The average molecular weight is 288 g/mol. The second-order valence-electron chi connectivity index (χ2n) is 6.44. The van der Waals surface area contributed by atoms with Gasteiger partial charge in [-0.1, -0.05) is 0 Å². The third-order valence-corrected chi connectivity index (χ3v) is 4.63. The predicted octanol–water partition coefficient (Wildman–Crippen LogP) is 2.35. The molecule has 0 saturated carbocycles. The summed E-state index contributed by atoms with van der Waals surface area (Å²) < 4.78 is 18.8. The number of furan rings is 1. The number of nitrogens with zero attached hydrogens (tertiary/aromatic N) is 2. The van der Waals surface area contributed by atoms with Gasteiger partial charge in [-0.3, -0.25) is 4.79 Å². The molecule has 4 rings (SSSR count). The summed E-state index contributed by atoms with van der Waals surface area (Å²) in [6.45, 7) is 3.68. The molecule has 0 unspecified atom stereocenters. The molecule has 0 radical (unpaired) electrons.